The third-order valence-electron chi connectivity index (χ3n) is 2.98. The van der Waals surface area contributed by atoms with Gasteiger partial charge in [0.1, 0.15) is 5.41 Å². The van der Waals surface area contributed by atoms with Crippen LogP contribution >= 0.6 is 11.6 Å². The van der Waals surface area contributed by atoms with Crippen LogP contribution in [0.25, 0.3) is 0 Å². The second-order valence-corrected chi connectivity index (χ2v) is 4.24. The van der Waals surface area contributed by atoms with Gasteiger partial charge in [-0.3, -0.25) is 4.79 Å². The van der Waals surface area contributed by atoms with Gasteiger partial charge in [0.15, 0.2) is 0 Å². The van der Waals surface area contributed by atoms with Gasteiger partial charge in [0, 0.05) is 0 Å². The lowest BCUT2D eigenvalue weighted by atomic mass is 9.83. The monoisotopic (exact) mass is 250 g/mol. The number of nitrogens with one attached hydrogen (secondary N) is 1. The minimum atomic E-state index is -0.973. The van der Waals surface area contributed by atoms with E-state index in [1.807, 2.05) is 13.8 Å². The summed E-state index contributed by atoms with van der Waals surface area (Å²) in [6.07, 6.45) is 0.965. The molecule has 0 radical (unpaired) electrons. The lowest BCUT2D eigenvalue weighted by Gasteiger charge is -2.22. The van der Waals surface area contributed by atoms with E-state index < -0.39 is 5.41 Å². The molecule has 0 bridgehead atoms. The van der Waals surface area contributed by atoms with Crippen molar-refractivity contribution in [3.63, 3.8) is 0 Å². The van der Waals surface area contributed by atoms with E-state index in [0.717, 1.165) is 0 Å². The maximum Gasteiger partial charge on any atom is 0.244 e. The molecule has 0 aliphatic carbocycles. The number of amides is 1. The van der Waals surface area contributed by atoms with Crippen LogP contribution in [0.1, 0.15) is 26.7 Å². The molecular formula is C13H15ClN2O. The van der Waals surface area contributed by atoms with E-state index in [-0.39, 0.29) is 5.91 Å². The van der Waals surface area contributed by atoms with Crippen LogP contribution in [0.5, 0.6) is 0 Å². The lowest BCUT2D eigenvalue weighted by molar-refractivity contribution is -0.123. The summed E-state index contributed by atoms with van der Waals surface area (Å²) in [7, 11) is 0. The van der Waals surface area contributed by atoms with Gasteiger partial charge < -0.3 is 5.32 Å². The number of nitriles is 1. The molecule has 0 aliphatic heterocycles. The first kappa shape index (κ1) is 13.5. The highest BCUT2D eigenvalue weighted by atomic mass is 35.5. The molecule has 90 valence electrons. The number of carbonyl (C=O) groups is 1. The van der Waals surface area contributed by atoms with Gasteiger partial charge in [-0.2, -0.15) is 5.26 Å². The van der Waals surface area contributed by atoms with Gasteiger partial charge in [0.25, 0.3) is 0 Å². The molecule has 1 aromatic rings. The molecule has 1 aromatic carbocycles. The SMILES string of the molecule is CCC(C#N)(CC)C(=O)Nc1ccccc1Cl. The Bertz CT molecular complexity index is 447. The molecule has 0 aliphatic rings. The van der Waals surface area contributed by atoms with E-state index in [0.29, 0.717) is 23.6 Å². The fourth-order valence-electron chi connectivity index (χ4n) is 1.58. The van der Waals surface area contributed by atoms with E-state index in [1.165, 1.54) is 0 Å². The normalized spacial score (nSPS) is 10.7. The molecular weight excluding hydrogens is 236 g/mol. The number of rotatable bonds is 4. The van der Waals surface area contributed by atoms with Gasteiger partial charge >= 0.3 is 0 Å². The molecule has 0 spiro atoms. The molecule has 3 nitrogen and oxygen atoms in total. The highest BCUT2D eigenvalue weighted by Gasteiger charge is 2.35. The van der Waals surface area contributed by atoms with Crippen molar-refractivity contribution >= 4 is 23.2 Å². The number of hydrogen-bond acceptors (Lipinski definition) is 2. The van der Waals surface area contributed by atoms with Crippen molar-refractivity contribution in [2.75, 3.05) is 5.32 Å². The summed E-state index contributed by atoms with van der Waals surface area (Å²) in [5.74, 6) is -0.293. The molecule has 0 fully saturated rings. The molecule has 1 amide bonds. The van der Waals surface area contributed by atoms with E-state index >= 15 is 0 Å². The zero-order chi connectivity index (χ0) is 12.9. The summed E-state index contributed by atoms with van der Waals surface area (Å²) in [5.41, 5.74) is -0.431. The van der Waals surface area contributed by atoms with Crippen LogP contribution in [-0.2, 0) is 4.79 Å². The largest absolute Gasteiger partial charge is 0.323 e. The van der Waals surface area contributed by atoms with Crippen LogP contribution in [0.15, 0.2) is 24.3 Å². The van der Waals surface area contributed by atoms with Gasteiger partial charge in [-0.15, -0.1) is 0 Å². The van der Waals surface area contributed by atoms with Gasteiger partial charge in [0.2, 0.25) is 5.91 Å². The molecule has 0 heterocycles. The van der Waals surface area contributed by atoms with Crippen molar-refractivity contribution in [3.05, 3.63) is 29.3 Å². The molecule has 17 heavy (non-hydrogen) atoms. The summed E-state index contributed by atoms with van der Waals surface area (Å²) in [5, 5.41) is 12.3. The van der Waals surface area contributed by atoms with Gasteiger partial charge in [0.05, 0.1) is 16.8 Å². The van der Waals surface area contributed by atoms with E-state index in [1.54, 1.807) is 24.3 Å². The fourth-order valence-corrected chi connectivity index (χ4v) is 1.77. The van der Waals surface area contributed by atoms with E-state index in [9.17, 15) is 4.79 Å². The number of benzene rings is 1. The van der Waals surface area contributed by atoms with Crippen LogP contribution in [0, 0.1) is 16.7 Å². The summed E-state index contributed by atoms with van der Waals surface area (Å²) < 4.78 is 0. The zero-order valence-electron chi connectivity index (χ0n) is 9.96. The van der Waals surface area contributed by atoms with Gasteiger partial charge in [-0.1, -0.05) is 37.6 Å². The Hall–Kier alpha value is -1.53. The summed E-state index contributed by atoms with van der Waals surface area (Å²) in [4.78, 5) is 12.1. The van der Waals surface area contributed by atoms with Crippen molar-refractivity contribution in [1.29, 1.82) is 5.26 Å². The van der Waals surface area contributed by atoms with Crippen molar-refractivity contribution in [2.24, 2.45) is 5.41 Å². The highest BCUT2D eigenvalue weighted by molar-refractivity contribution is 6.33. The number of nitrogens with zero attached hydrogens (tertiary/aromatic N) is 1. The Morgan fingerprint density at radius 1 is 1.41 bits per heavy atom. The first-order valence-corrected chi connectivity index (χ1v) is 5.94. The first-order chi connectivity index (χ1) is 8.09. The molecule has 1 N–H and O–H groups in total. The average molecular weight is 251 g/mol. The molecule has 0 unspecified atom stereocenters. The molecule has 0 saturated heterocycles. The Kier molecular flexibility index (Phi) is 4.53. The maximum atomic E-state index is 12.1. The fraction of sp³-hybridized carbons (Fsp3) is 0.385. The predicted octanol–water partition coefficient (Wildman–Crippen LogP) is 3.61. The average Bonchev–Trinajstić information content (AvgIpc) is 2.35. The highest BCUT2D eigenvalue weighted by Crippen LogP contribution is 2.29. The number of carbonyl (C=O) groups excluding carboxylic acids is 1. The van der Waals surface area contributed by atoms with Crippen LogP contribution in [0.4, 0.5) is 5.69 Å². The van der Waals surface area contributed by atoms with Crippen molar-refractivity contribution < 1.29 is 4.79 Å². The third kappa shape index (κ3) is 2.78. The van der Waals surface area contributed by atoms with Crippen molar-refractivity contribution in [1.82, 2.24) is 0 Å². The lowest BCUT2D eigenvalue weighted by Crippen LogP contribution is -2.34. The first-order valence-electron chi connectivity index (χ1n) is 5.57. The maximum absolute atomic E-state index is 12.1. The minimum absolute atomic E-state index is 0.293. The number of hydrogen-bond donors (Lipinski definition) is 1. The third-order valence-corrected chi connectivity index (χ3v) is 3.31. The van der Waals surface area contributed by atoms with Gasteiger partial charge in [-0.25, -0.2) is 0 Å². The predicted molar refractivity (Wildman–Crippen MR) is 68.7 cm³/mol. The number of anilines is 1. The van der Waals surface area contributed by atoms with Crippen LogP contribution in [-0.4, -0.2) is 5.91 Å². The van der Waals surface area contributed by atoms with Crippen molar-refractivity contribution in [3.8, 4) is 6.07 Å². The Morgan fingerprint density at radius 2 is 2.00 bits per heavy atom. The quantitative estimate of drug-likeness (QED) is 0.888. The minimum Gasteiger partial charge on any atom is -0.323 e. The number of para-hydroxylation sites is 1. The van der Waals surface area contributed by atoms with E-state index in [2.05, 4.69) is 11.4 Å². The Balaban J connectivity index is 2.93. The summed E-state index contributed by atoms with van der Waals surface area (Å²) >= 11 is 5.95. The van der Waals surface area contributed by atoms with Gasteiger partial charge in [-0.05, 0) is 25.0 Å². The molecule has 0 atom stereocenters. The Morgan fingerprint density at radius 3 is 2.47 bits per heavy atom. The van der Waals surface area contributed by atoms with Crippen LogP contribution in [0.2, 0.25) is 5.02 Å². The van der Waals surface area contributed by atoms with Crippen molar-refractivity contribution in [2.45, 2.75) is 26.7 Å². The topological polar surface area (TPSA) is 52.9 Å². The van der Waals surface area contributed by atoms with Crippen LogP contribution < -0.4 is 5.32 Å². The second kappa shape index (κ2) is 5.70. The van der Waals surface area contributed by atoms with Crippen LogP contribution in [0.3, 0.4) is 0 Å². The zero-order valence-corrected chi connectivity index (χ0v) is 10.7. The summed E-state index contributed by atoms with van der Waals surface area (Å²) in [6, 6.07) is 9.08. The van der Waals surface area contributed by atoms with E-state index in [4.69, 9.17) is 16.9 Å². The molecule has 0 saturated carbocycles. The Labute approximate surface area is 106 Å². The molecule has 0 aromatic heterocycles. The number of halogens is 1. The second-order valence-electron chi connectivity index (χ2n) is 3.83. The summed E-state index contributed by atoms with van der Waals surface area (Å²) in [6.45, 7) is 3.66. The smallest absolute Gasteiger partial charge is 0.244 e. The molecule has 1 rings (SSSR count). The standard InChI is InChI=1S/C13H15ClN2O/c1-3-13(4-2,9-15)12(17)16-11-8-6-5-7-10(11)14/h5-8H,3-4H2,1-2H3,(H,16,17). The molecule has 4 heteroatoms.